The zero-order chi connectivity index (χ0) is 21.0. The zero-order valence-electron chi connectivity index (χ0n) is 18.0. The summed E-state index contributed by atoms with van der Waals surface area (Å²) in [4.78, 5) is 22.0. The summed E-state index contributed by atoms with van der Waals surface area (Å²) in [7, 11) is 1.90. The molecule has 0 aliphatic carbocycles. The van der Waals surface area contributed by atoms with Crippen LogP contribution >= 0.6 is 0 Å². The lowest BCUT2D eigenvalue weighted by Crippen LogP contribution is -2.70. The number of piperidine rings is 1. The predicted molar refractivity (Wildman–Crippen MR) is 112 cm³/mol. The third kappa shape index (κ3) is 3.07. The van der Waals surface area contributed by atoms with E-state index >= 15 is 0 Å². The summed E-state index contributed by atoms with van der Waals surface area (Å²) in [6, 6.07) is 3.95. The maximum absolute atomic E-state index is 13.4. The summed E-state index contributed by atoms with van der Waals surface area (Å²) in [5.41, 5.74) is 15.2. The van der Waals surface area contributed by atoms with Gasteiger partial charge in [-0.3, -0.25) is 20.0 Å². The number of fused-ring (bicyclic) bond motifs is 1. The van der Waals surface area contributed by atoms with Crippen LogP contribution in [0.3, 0.4) is 0 Å². The lowest BCUT2D eigenvalue weighted by Gasteiger charge is -2.49. The number of amides is 1. The smallest absolute Gasteiger partial charge is 0.232 e. The molecule has 4 unspecified atom stereocenters. The maximum atomic E-state index is 13.4. The van der Waals surface area contributed by atoms with Gasteiger partial charge in [-0.05, 0) is 38.3 Å². The number of hydrogen-bond donors (Lipinski definition) is 4. The van der Waals surface area contributed by atoms with Gasteiger partial charge in [0.15, 0.2) is 0 Å². The quantitative estimate of drug-likeness (QED) is 0.520. The molecule has 4 fully saturated rings. The first kappa shape index (κ1) is 20.3. The molecular weight excluding hydrogens is 382 g/mol. The van der Waals surface area contributed by atoms with Gasteiger partial charge in [-0.2, -0.15) is 0 Å². The SMILES string of the molecule is Cc1ncccc1C1NNC2NC(N3CCC4(CC3)CO[C@@H](C)[C@H]4N)N(C)C(=O)C21. The van der Waals surface area contributed by atoms with Crippen molar-refractivity contribution >= 4 is 5.91 Å². The molecule has 5 heterocycles. The molecule has 1 spiro atoms. The number of rotatable bonds is 2. The van der Waals surface area contributed by atoms with Crippen molar-refractivity contribution in [2.24, 2.45) is 17.1 Å². The zero-order valence-corrected chi connectivity index (χ0v) is 18.0. The molecule has 6 atom stereocenters. The van der Waals surface area contributed by atoms with Crippen LogP contribution in [0.1, 0.15) is 37.1 Å². The van der Waals surface area contributed by atoms with Crippen LogP contribution < -0.4 is 21.9 Å². The molecule has 5 rings (SSSR count). The molecule has 9 heteroatoms. The Labute approximate surface area is 177 Å². The van der Waals surface area contributed by atoms with Crippen LogP contribution in [-0.4, -0.2) is 72.0 Å². The van der Waals surface area contributed by atoms with E-state index < -0.39 is 0 Å². The van der Waals surface area contributed by atoms with Crippen molar-refractivity contribution in [3.8, 4) is 0 Å². The van der Waals surface area contributed by atoms with Gasteiger partial charge in [0, 0.05) is 43.5 Å². The highest BCUT2D eigenvalue weighted by molar-refractivity contribution is 5.82. The topological polar surface area (TPSA) is 108 Å². The molecule has 1 amide bonds. The van der Waals surface area contributed by atoms with E-state index in [1.807, 2.05) is 31.0 Å². The van der Waals surface area contributed by atoms with Gasteiger partial charge in [0.2, 0.25) is 5.91 Å². The Kier molecular flexibility index (Phi) is 5.08. The second-order valence-electron chi connectivity index (χ2n) is 9.38. The number of likely N-dealkylation sites (tertiary alicyclic amines) is 1. The third-order valence-electron chi connectivity index (χ3n) is 7.81. The number of pyridine rings is 1. The molecule has 4 aliphatic rings. The largest absolute Gasteiger partial charge is 0.376 e. The molecule has 1 aromatic rings. The number of hydrogen-bond acceptors (Lipinski definition) is 8. The van der Waals surface area contributed by atoms with Crippen LogP contribution in [0.4, 0.5) is 0 Å². The van der Waals surface area contributed by atoms with Crippen LogP contribution in [-0.2, 0) is 9.53 Å². The Bertz CT molecular complexity index is 812. The van der Waals surface area contributed by atoms with Crippen molar-refractivity contribution in [1.29, 1.82) is 0 Å². The van der Waals surface area contributed by atoms with Crippen LogP contribution in [0.5, 0.6) is 0 Å². The monoisotopic (exact) mass is 415 g/mol. The fourth-order valence-electron chi connectivity index (χ4n) is 5.74. The van der Waals surface area contributed by atoms with Gasteiger partial charge in [0.05, 0.1) is 30.8 Å². The summed E-state index contributed by atoms with van der Waals surface area (Å²) in [5, 5.41) is 3.66. The summed E-state index contributed by atoms with van der Waals surface area (Å²) >= 11 is 0. The van der Waals surface area contributed by atoms with Crippen molar-refractivity contribution in [1.82, 2.24) is 31.0 Å². The van der Waals surface area contributed by atoms with Gasteiger partial charge in [0.25, 0.3) is 0 Å². The van der Waals surface area contributed by atoms with Crippen molar-refractivity contribution < 1.29 is 9.53 Å². The minimum absolute atomic E-state index is 0.0752. The van der Waals surface area contributed by atoms with Crippen molar-refractivity contribution in [2.45, 2.75) is 57.3 Å². The molecule has 0 saturated carbocycles. The Morgan fingerprint density at radius 3 is 2.73 bits per heavy atom. The van der Waals surface area contributed by atoms with E-state index in [9.17, 15) is 4.79 Å². The normalized spacial score (nSPS) is 38.9. The van der Waals surface area contributed by atoms with Crippen LogP contribution in [0.15, 0.2) is 18.3 Å². The first-order valence-electron chi connectivity index (χ1n) is 11.0. The highest BCUT2D eigenvalue weighted by Crippen LogP contribution is 2.42. The Balaban J connectivity index is 1.29. The summed E-state index contributed by atoms with van der Waals surface area (Å²) in [6.07, 6.45) is 3.64. The average molecular weight is 416 g/mol. The van der Waals surface area contributed by atoms with Gasteiger partial charge in [0.1, 0.15) is 6.29 Å². The fourth-order valence-corrected chi connectivity index (χ4v) is 5.74. The molecule has 0 aromatic carbocycles. The first-order valence-corrected chi connectivity index (χ1v) is 11.0. The van der Waals surface area contributed by atoms with Gasteiger partial charge < -0.3 is 15.4 Å². The van der Waals surface area contributed by atoms with Gasteiger partial charge >= 0.3 is 0 Å². The predicted octanol–water partition coefficient (Wildman–Crippen LogP) is -0.345. The number of hydrazine groups is 1. The highest BCUT2D eigenvalue weighted by atomic mass is 16.5. The molecule has 5 N–H and O–H groups in total. The summed E-state index contributed by atoms with van der Waals surface area (Å²) in [5.74, 6) is -0.0768. The molecule has 30 heavy (non-hydrogen) atoms. The van der Waals surface area contributed by atoms with Crippen molar-refractivity contribution in [3.05, 3.63) is 29.6 Å². The minimum Gasteiger partial charge on any atom is -0.376 e. The molecule has 4 saturated heterocycles. The molecule has 4 aliphatic heterocycles. The molecule has 9 nitrogen and oxygen atoms in total. The number of carbonyl (C=O) groups is 1. The lowest BCUT2D eigenvalue weighted by atomic mass is 9.73. The second-order valence-corrected chi connectivity index (χ2v) is 9.38. The van der Waals surface area contributed by atoms with E-state index in [-0.39, 0.29) is 47.9 Å². The number of ether oxygens (including phenoxy) is 1. The van der Waals surface area contributed by atoms with Crippen molar-refractivity contribution in [2.75, 3.05) is 26.7 Å². The number of nitrogens with one attached hydrogen (secondary N) is 3. The van der Waals surface area contributed by atoms with Crippen LogP contribution in [0.25, 0.3) is 0 Å². The van der Waals surface area contributed by atoms with E-state index in [1.165, 1.54) is 0 Å². The number of aromatic nitrogens is 1. The number of carbonyl (C=O) groups excluding carboxylic acids is 1. The summed E-state index contributed by atoms with van der Waals surface area (Å²) < 4.78 is 5.85. The number of aryl methyl sites for hydroxylation is 1. The van der Waals surface area contributed by atoms with E-state index in [4.69, 9.17) is 10.5 Å². The van der Waals surface area contributed by atoms with Gasteiger partial charge in [-0.25, -0.2) is 10.9 Å². The standard InChI is InChI=1S/C21H33N7O2/c1-12-14(5-4-8-23-12)16-15-18(26-25-16)24-20(27(3)19(15)29)28-9-6-21(7-10-28)11-30-13(2)17(21)22/h4-5,8,13,15-18,20,24-26H,6-7,9-11,22H2,1-3H3/t13-,15?,16?,17+,18?,20?/m0/s1. The molecule has 0 bridgehead atoms. The lowest BCUT2D eigenvalue weighted by molar-refractivity contribution is -0.151. The van der Waals surface area contributed by atoms with E-state index in [0.29, 0.717) is 0 Å². The maximum Gasteiger partial charge on any atom is 0.232 e. The van der Waals surface area contributed by atoms with Crippen LogP contribution in [0, 0.1) is 18.3 Å². The highest BCUT2D eigenvalue weighted by Gasteiger charge is 2.52. The summed E-state index contributed by atoms with van der Waals surface area (Å²) in [6.45, 7) is 6.60. The number of nitrogens with two attached hydrogens (primary N) is 1. The average Bonchev–Trinajstić information content (AvgIpc) is 3.29. The fraction of sp³-hybridized carbons (Fsp3) is 0.714. The van der Waals surface area contributed by atoms with Crippen LogP contribution in [0.2, 0.25) is 0 Å². The second kappa shape index (κ2) is 7.51. The number of nitrogens with zero attached hydrogens (tertiary/aromatic N) is 3. The first-order chi connectivity index (χ1) is 14.4. The van der Waals surface area contributed by atoms with E-state index in [0.717, 1.165) is 43.8 Å². The van der Waals surface area contributed by atoms with Gasteiger partial charge in [-0.1, -0.05) is 6.07 Å². The van der Waals surface area contributed by atoms with Crippen molar-refractivity contribution in [3.63, 3.8) is 0 Å². The Morgan fingerprint density at radius 2 is 2.07 bits per heavy atom. The van der Waals surface area contributed by atoms with E-state index in [2.05, 4.69) is 33.0 Å². The Hall–Kier alpha value is -1.62. The molecular formula is C21H33N7O2. The molecule has 1 aromatic heterocycles. The minimum atomic E-state index is -0.220. The Morgan fingerprint density at radius 1 is 1.30 bits per heavy atom. The molecule has 164 valence electrons. The van der Waals surface area contributed by atoms with Gasteiger partial charge in [-0.15, -0.1) is 0 Å². The molecule has 0 radical (unpaired) electrons. The van der Waals surface area contributed by atoms with E-state index in [1.54, 1.807) is 6.20 Å². The third-order valence-corrected chi connectivity index (χ3v) is 7.81.